The lowest BCUT2D eigenvalue weighted by Crippen LogP contribution is -2.10. The molecule has 0 radical (unpaired) electrons. The molecule has 154 valence electrons. The SMILES string of the molecule is COc1nc(C)c2nc(-c3cncc(F)c3)n(Cc3ccc(CN(C)C)cc3)c2n1. The predicted molar refractivity (Wildman–Crippen MR) is 113 cm³/mol. The molecule has 0 saturated carbocycles. The van der Waals surface area contributed by atoms with Gasteiger partial charge in [0.05, 0.1) is 25.5 Å². The van der Waals surface area contributed by atoms with Gasteiger partial charge in [0.15, 0.2) is 5.65 Å². The molecule has 0 amide bonds. The van der Waals surface area contributed by atoms with Crippen LogP contribution in [-0.2, 0) is 13.1 Å². The van der Waals surface area contributed by atoms with Gasteiger partial charge < -0.3 is 14.2 Å². The number of halogens is 1. The number of ether oxygens (including phenoxy) is 1. The highest BCUT2D eigenvalue weighted by Crippen LogP contribution is 2.27. The number of aromatic nitrogens is 5. The Balaban J connectivity index is 1.83. The van der Waals surface area contributed by atoms with E-state index in [1.165, 1.54) is 24.9 Å². The molecule has 0 saturated heterocycles. The van der Waals surface area contributed by atoms with Crippen LogP contribution >= 0.6 is 0 Å². The van der Waals surface area contributed by atoms with E-state index in [9.17, 15) is 4.39 Å². The Labute approximate surface area is 174 Å². The summed E-state index contributed by atoms with van der Waals surface area (Å²) in [6.07, 6.45) is 2.77. The van der Waals surface area contributed by atoms with Crippen molar-refractivity contribution >= 4 is 11.2 Å². The van der Waals surface area contributed by atoms with Gasteiger partial charge in [-0.15, -0.1) is 0 Å². The topological polar surface area (TPSA) is 69.0 Å². The number of methoxy groups -OCH3 is 1. The summed E-state index contributed by atoms with van der Waals surface area (Å²) in [6.45, 7) is 3.25. The van der Waals surface area contributed by atoms with Gasteiger partial charge in [-0.3, -0.25) is 4.98 Å². The Morgan fingerprint density at radius 2 is 1.77 bits per heavy atom. The second-order valence-electron chi connectivity index (χ2n) is 7.44. The van der Waals surface area contributed by atoms with Crippen LogP contribution in [0, 0.1) is 12.7 Å². The molecule has 4 rings (SSSR count). The van der Waals surface area contributed by atoms with E-state index in [2.05, 4.69) is 44.1 Å². The number of hydrogen-bond donors (Lipinski definition) is 0. The first-order valence-electron chi connectivity index (χ1n) is 9.57. The van der Waals surface area contributed by atoms with Gasteiger partial charge in [0.2, 0.25) is 0 Å². The summed E-state index contributed by atoms with van der Waals surface area (Å²) in [5.74, 6) is 0.166. The van der Waals surface area contributed by atoms with Crippen LogP contribution in [0.15, 0.2) is 42.7 Å². The molecule has 0 atom stereocenters. The quantitative estimate of drug-likeness (QED) is 0.489. The van der Waals surface area contributed by atoms with E-state index < -0.39 is 5.82 Å². The predicted octanol–water partition coefficient (Wildman–Crippen LogP) is 3.45. The van der Waals surface area contributed by atoms with Crippen LogP contribution in [0.25, 0.3) is 22.6 Å². The molecule has 0 fully saturated rings. The minimum Gasteiger partial charge on any atom is -0.467 e. The summed E-state index contributed by atoms with van der Waals surface area (Å²) in [5, 5.41) is 0. The molecule has 0 unspecified atom stereocenters. The van der Waals surface area contributed by atoms with Gasteiger partial charge in [-0.25, -0.2) is 9.37 Å². The molecule has 7 nitrogen and oxygen atoms in total. The molecular weight excluding hydrogens is 383 g/mol. The Morgan fingerprint density at radius 3 is 2.43 bits per heavy atom. The van der Waals surface area contributed by atoms with E-state index in [0.717, 1.165) is 12.1 Å². The lowest BCUT2D eigenvalue weighted by atomic mass is 10.1. The molecule has 0 aliphatic rings. The first-order chi connectivity index (χ1) is 14.4. The summed E-state index contributed by atoms with van der Waals surface area (Å²) in [7, 11) is 5.61. The van der Waals surface area contributed by atoms with Crippen molar-refractivity contribution in [2.24, 2.45) is 0 Å². The number of benzene rings is 1. The Hall–Kier alpha value is -3.39. The van der Waals surface area contributed by atoms with Gasteiger partial charge in [-0.05, 0) is 38.2 Å². The van der Waals surface area contributed by atoms with Crippen LogP contribution in [0.4, 0.5) is 4.39 Å². The number of aryl methyl sites for hydroxylation is 1. The molecule has 8 heteroatoms. The standard InChI is InChI=1S/C22H23FN6O/c1-14-19-21(27-22(25-14)30-4)29(20(26-19)17-9-18(23)11-24-10-17)13-16-7-5-15(6-8-16)12-28(2)3/h5-11H,12-13H2,1-4H3. The minimum atomic E-state index is -0.417. The molecule has 1 aromatic carbocycles. The van der Waals surface area contributed by atoms with Crippen molar-refractivity contribution in [3.05, 3.63) is 65.4 Å². The molecule has 0 spiro atoms. The number of pyridine rings is 1. The third-order valence-corrected chi connectivity index (χ3v) is 4.76. The average molecular weight is 406 g/mol. The number of imidazole rings is 1. The summed E-state index contributed by atoms with van der Waals surface area (Å²) < 4.78 is 21.1. The fraction of sp³-hybridized carbons (Fsp3) is 0.273. The van der Waals surface area contributed by atoms with Crippen LogP contribution in [0.3, 0.4) is 0 Å². The highest BCUT2D eigenvalue weighted by atomic mass is 19.1. The highest BCUT2D eigenvalue weighted by molar-refractivity contribution is 5.79. The normalized spacial score (nSPS) is 11.4. The van der Waals surface area contributed by atoms with Gasteiger partial charge in [-0.2, -0.15) is 9.97 Å². The van der Waals surface area contributed by atoms with Crippen molar-refractivity contribution in [3.8, 4) is 17.4 Å². The maximum Gasteiger partial charge on any atom is 0.318 e. The largest absolute Gasteiger partial charge is 0.467 e. The van der Waals surface area contributed by atoms with Crippen molar-refractivity contribution in [3.63, 3.8) is 0 Å². The number of rotatable bonds is 6. The fourth-order valence-corrected chi connectivity index (χ4v) is 3.41. The van der Waals surface area contributed by atoms with Crippen molar-refractivity contribution in [1.82, 2.24) is 29.4 Å². The van der Waals surface area contributed by atoms with E-state index in [1.807, 2.05) is 25.6 Å². The molecule has 0 aliphatic carbocycles. The summed E-state index contributed by atoms with van der Waals surface area (Å²) in [5.41, 5.74) is 4.87. The first kappa shape index (κ1) is 19.9. The number of hydrogen-bond acceptors (Lipinski definition) is 6. The lowest BCUT2D eigenvalue weighted by Gasteiger charge is -2.12. The molecule has 4 aromatic rings. The maximum atomic E-state index is 13.9. The van der Waals surface area contributed by atoms with Gasteiger partial charge in [0.1, 0.15) is 17.2 Å². The summed E-state index contributed by atoms with van der Waals surface area (Å²) in [6, 6.07) is 10.1. The minimum absolute atomic E-state index is 0.270. The van der Waals surface area contributed by atoms with Gasteiger partial charge in [0, 0.05) is 18.3 Å². The van der Waals surface area contributed by atoms with Gasteiger partial charge >= 0.3 is 6.01 Å². The van der Waals surface area contributed by atoms with Gasteiger partial charge in [0.25, 0.3) is 0 Å². The summed E-state index contributed by atoms with van der Waals surface area (Å²) in [4.78, 5) is 19.7. The van der Waals surface area contributed by atoms with E-state index in [1.54, 1.807) is 6.20 Å². The smallest absolute Gasteiger partial charge is 0.318 e. The highest BCUT2D eigenvalue weighted by Gasteiger charge is 2.19. The monoisotopic (exact) mass is 406 g/mol. The zero-order valence-corrected chi connectivity index (χ0v) is 17.4. The average Bonchev–Trinajstić information content (AvgIpc) is 3.08. The molecule has 0 N–H and O–H groups in total. The molecule has 3 aromatic heterocycles. The van der Waals surface area contributed by atoms with Crippen molar-refractivity contribution in [2.75, 3.05) is 21.2 Å². The molecular formula is C22H23FN6O. The Morgan fingerprint density at radius 1 is 1.03 bits per heavy atom. The molecule has 0 aliphatic heterocycles. The zero-order chi connectivity index (χ0) is 21.3. The van der Waals surface area contributed by atoms with Crippen molar-refractivity contribution < 1.29 is 9.13 Å². The van der Waals surface area contributed by atoms with Crippen LogP contribution in [0.5, 0.6) is 6.01 Å². The Kier molecular flexibility index (Phi) is 5.41. The Bertz CT molecular complexity index is 1190. The van der Waals surface area contributed by atoms with Crippen LogP contribution < -0.4 is 4.74 Å². The van der Waals surface area contributed by atoms with E-state index >= 15 is 0 Å². The van der Waals surface area contributed by atoms with Crippen molar-refractivity contribution in [1.29, 1.82) is 0 Å². The molecule has 0 bridgehead atoms. The third-order valence-electron chi connectivity index (χ3n) is 4.76. The maximum absolute atomic E-state index is 13.9. The number of fused-ring (bicyclic) bond motifs is 1. The van der Waals surface area contributed by atoms with Crippen molar-refractivity contribution in [2.45, 2.75) is 20.0 Å². The molecule has 30 heavy (non-hydrogen) atoms. The first-order valence-corrected chi connectivity index (χ1v) is 9.57. The van der Waals surface area contributed by atoms with E-state index in [-0.39, 0.29) is 6.01 Å². The van der Waals surface area contributed by atoms with Crippen LogP contribution in [-0.4, -0.2) is 50.6 Å². The van der Waals surface area contributed by atoms with Crippen LogP contribution in [0.2, 0.25) is 0 Å². The van der Waals surface area contributed by atoms with E-state index in [4.69, 9.17) is 9.72 Å². The summed E-state index contributed by atoms with van der Waals surface area (Å²) >= 11 is 0. The molecule has 3 heterocycles. The third kappa shape index (κ3) is 3.99. The van der Waals surface area contributed by atoms with E-state index in [0.29, 0.717) is 34.8 Å². The second kappa shape index (κ2) is 8.16. The van der Waals surface area contributed by atoms with Gasteiger partial charge in [-0.1, -0.05) is 24.3 Å². The van der Waals surface area contributed by atoms with Crippen LogP contribution in [0.1, 0.15) is 16.8 Å². The lowest BCUT2D eigenvalue weighted by molar-refractivity contribution is 0.380. The second-order valence-corrected chi connectivity index (χ2v) is 7.44. The fourth-order valence-electron chi connectivity index (χ4n) is 3.41. The zero-order valence-electron chi connectivity index (χ0n) is 17.4. The number of nitrogens with zero attached hydrogens (tertiary/aromatic N) is 6.